The molecule has 6 heteroatoms. The first-order valence-electron chi connectivity index (χ1n) is 3.97. The highest BCUT2D eigenvalue weighted by Gasteiger charge is 2.45. The highest BCUT2D eigenvalue weighted by Crippen LogP contribution is 2.31. The normalized spacial score (nSPS) is 34.8. The molecule has 1 saturated carbocycles. The van der Waals surface area contributed by atoms with E-state index in [-0.39, 0.29) is 12.8 Å². The van der Waals surface area contributed by atoms with Crippen LogP contribution in [0.2, 0.25) is 0 Å². The van der Waals surface area contributed by atoms with Gasteiger partial charge in [-0.3, -0.25) is 4.79 Å². The maximum absolute atomic E-state index is 11.1. The standard InChI is InChI=1S/C7H13NO4S/c1-13(11,12)5-2-3-7(8,4-5)6(9)10/h5H,2-4,8H2,1H3,(H,9,10)/t5-,7-/m1/s1. The van der Waals surface area contributed by atoms with Gasteiger partial charge < -0.3 is 10.8 Å². The summed E-state index contributed by atoms with van der Waals surface area (Å²) in [4.78, 5) is 10.7. The molecule has 0 aromatic heterocycles. The van der Waals surface area contributed by atoms with Crippen LogP contribution in [0.25, 0.3) is 0 Å². The van der Waals surface area contributed by atoms with Crippen molar-refractivity contribution < 1.29 is 18.3 Å². The van der Waals surface area contributed by atoms with E-state index in [1.807, 2.05) is 0 Å². The monoisotopic (exact) mass is 207 g/mol. The Morgan fingerprint density at radius 1 is 1.62 bits per heavy atom. The Kier molecular flexibility index (Phi) is 2.38. The van der Waals surface area contributed by atoms with Gasteiger partial charge in [-0.05, 0) is 19.3 Å². The molecule has 0 amide bonds. The minimum absolute atomic E-state index is 0.0289. The number of nitrogens with two attached hydrogens (primary N) is 1. The lowest BCUT2D eigenvalue weighted by atomic mass is 10.0. The molecule has 13 heavy (non-hydrogen) atoms. The van der Waals surface area contributed by atoms with Gasteiger partial charge in [-0.25, -0.2) is 8.42 Å². The van der Waals surface area contributed by atoms with E-state index >= 15 is 0 Å². The summed E-state index contributed by atoms with van der Waals surface area (Å²) in [5.74, 6) is -1.11. The first kappa shape index (κ1) is 10.5. The van der Waals surface area contributed by atoms with Gasteiger partial charge in [-0.15, -0.1) is 0 Å². The SMILES string of the molecule is CS(=O)(=O)[C@@H]1CC[C@](N)(C(=O)O)C1. The summed E-state index contributed by atoms with van der Waals surface area (Å²) >= 11 is 0. The molecule has 0 aromatic rings. The Hall–Kier alpha value is -0.620. The quantitative estimate of drug-likeness (QED) is 0.628. The zero-order valence-corrected chi connectivity index (χ0v) is 8.17. The summed E-state index contributed by atoms with van der Waals surface area (Å²) in [5.41, 5.74) is 4.19. The number of hydrogen-bond acceptors (Lipinski definition) is 4. The summed E-state index contributed by atoms with van der Waals surface area (Å²) in [6.45, 7) is 0. The molecule has 1 rings (SSSR count). The van der Waals surface area contributed by atoms with E-state index < -0.39 is 26.6 Å². The molecule has 0 heterocycles. The van der Waals surface area contributed by atoms with Gasteiger partial charge in [0, 0.05) is 6.26 Å². The highest BCUT2D eigenvalue weighted by atomic mass is 32.2. The third kappa shape index (κ3) is 2.00. The predicted molar refractivity (Wildman–Crippen MR) is 47.0 cm³/mol. The van der Waals surface area contributed by atoms with Crippen molar-refractivity contribution >= 4 is 15.8 Å². The van der Waals surface area contributed by atoms with Gasteiger partial charge in [0.1, 0.15) is 15.4 Å². The number of hydrogen-bond donors (Lipinski definition) is 2. The molecular formula is C7H13NO4S. The molecule has 0 saturated heterocycles. The van der Waals surface area contributed by atoms with Crippen LogP contribution in [0, 0.1) is 0 Å². The predicted octanol–water partition coefficient (Wildman–Crippen LogP) is -0.634. The van der Waals surface area contributed by atoms with E-state index in [1.165, 1.54) is 0 Å². The summed E-state index contributed by atoms with van der Waals surface area (Å²) in [7, 11) is -3.15. The van der Waals surface area contributed by atoms with Crippen LogP contribution in [-0.2, 0) is 14.6 Å². The van der Waals surface area contributed by atoms with Gasteiger partial charge in [0.2, 0.25) is 0 Å². The van der Waals surface area contributed by atoms with Crippen molar-refractivity contribution in [1.82, 2.24) is 0 Å². The molecule has 1 fully saturated rings. The minimum Gasteiger partial charge on any atom is -0.480 e. The van der Waals surface area contributed by atoms with Crippen molar-refractivity contribution in [3.8, 4) is 0 Å². The van der Waals surface area contributed by atoms with Crippen molar-refractivity contribution in [2.45, 2.75) is 30.1 Å². The minimum atomic E-state index is -3.15. The van der Waals surface area contributed by atoms with Crippen LogP contribution in [0.15, 0.2) is 0 Å². The van der Waals surface area contributed by atoms with Crippen LogP contribution >= 0.6 is 0 Å². The Morgan fingerprint density at radius 2 is 2.15 bits per heavy atom. The number of sulfone groups is 1. The Morgan fingerprint density at radius 3 is 2.38 bits per heavy atom. The zero-order valence-electron chi connectivity index (χ0n) is 7.36. The van der Waals surface area contributed by atoms with Gasteiger partial charge in [-0.1, -0.05) is 0 Å². The molecule has 2 atom stereocenters. The molecule has 1 aliphatic rings. The van der Waals surface area contributed by atoms with E-state index in [4.69, 9.17) is 10.8 Å². The second-order valence-electron chi connectivity index (χ2n) is 3.66. The lowest BCUT2D eigenvalue weighted by molar-refractivity contribution is -0.143. The smallest absolute Gasteiger partial charge is 0.323 e. The number of carboxylic acid groups (broad SMARTS) is 1. The van der Waals surface area contributed by atoms with Gasteiger partial charge in [0.05, 0.1) is 5.25 Å². The van der Waals surface area contributed by atoms with Crippen LogP contribution in [0.1, 0.15) is 19.3 Å². The van der Waals surface area contributed by atoms with Gasteiger partial charge in [-0.2, -0.15) is 0 Å². The van der Waals surface area contributed by atoms with E-state index in [0.717, 1.165) is 6.26 Å². The molecule has 0 radical (unpaired) electrons. The highest BCUT2D eigenvalue weighted by molar-refractivity contribution is 7.91. The van der Waals surface area contributed by atoms with E-state index in [1.54, 1.807) is 0 Å². The first-order valence-corrected chi connectivity index (χ1v) is 5.92. The van der Waals surface area contributed by atoms with Gasteiger partial charge >= 0.3 is 5.97 Å². The average molecular weight is 207 g/mol. The molecule has 76 valence electrons. The summed E-state index contributed by atoms with van der Waals surface area (Å²) in [5, 5.41) is 8.15. The average Bonchev–Trinajstić information content (AvgIpc) is 2.31. The Bertz CT molecular complexity index is 323. The lowest BCUT2D eigenvalue weighted by Gasteiger charge is -2.17. The van der Waals surface area contributed by atoms with Gasteiger partial charge in [0.25, 0.3) is 0 Å². The molecule has 0 unspecified atom stereocenters. The molecular weight excluding hydrogens is 194 g/mol. The second-order valence-corrected chi connectivity index (χ2v) is 5.98. The van der Waals surface area contributed by atoms with Crippen LogP contribution in [0.3, 0.4) is 0 Å². The molecule has 0 aliphatic heterocycles. The zero-order chi connectivity index (χ0) is 10.3. The molecule has 0 spiro atoms. The number of carbonyl (C=O) groups is 1. The molecule has 1 aliphatic carbocycles. The van der Waals surface area contributed by atoms with Crippen molar-refractivity contribution in [3.05, 3.63) is 0 Å². The van der Waals surface area contributed by atoms with Crippen molar-refractivity contribution in [2.75, 3.05) is 6.26 Å². The van der Waals surface area contributed by atoms with Crippen molar-refractivity contribution in [3.63, 3.8) is 0 Å². The molecule has 0 aromatic carbocycles. The summed E-state index contributed by atoms with van der Waals surface area (Å²) < 4.78 is 22.2. The number of aliphatic carboxylic acids is 1. The van der Waals surface area contributed by atoms with Crippen LogP contribution in [-0.4, -0.2) is 36.5 Å². The Balaban J connectivity index is 2.81. The molecule has 0 bridgehead atoms. The van der Waals surface area contributed by atoms with Crippen LogP contribution in [0.5, 0.6) is 0 Å². The maximum atomic E-state index is 11.1. The maximum Gasteiger partial charge on any atom is 0.323 e. The fourth-order valence-corrected chi connectivity index (χ4v) is 2.73. The fourth-order valence-electron chi connectivity index (χ4n) is 1.59. The Labute approximate surface area is 76.8 Å². The third-order valence-corrected chi connectivity index (χ3v) is 4.15. The first-order chi connectivity index (χ1) is 5.76. The van der Waals surface area contributed by atoms with Crippen molar-refractivity contribution in [1.29, 1.82) is 0 Å². The topological polar surface area (TPSA) is 97.5 Å². The van der Waals surface area contributed by atoms with E-state index in [9.17, 15) is 13.2 Å². The molecule has 5 nitrogen and oxygen atoms in total. The summed E-state index contributed by atoms with van der Waals surface area (Å²) in [6.07, 6.45) is 1.73. The largest absolute Gasteiger partial charge is 0.480 e. The van der Waals surface area contributed by atoms with Crippen LogP contribution in [0.4, 0.5) is 0 Å². The van der Waals surface area contributed by atoms with Crippen LogP contribution < -0.4 is 5.73 Å². The number of carboxylic acids is 1. The van der Waals surface area contributed by atoms with E-state index in [0.29, 0.717) is 6.42 Å². The number of rotatable bonds is 2. The lowest BCUT2D eigenvalue weighted by Crippen LogP contribution is -2.46. The van der Waals surface area contributed by atoms with Crippen molar-refractivity contribution in [2.24, 2.45) is 5.73 Å². The molecule has 3 N–H and O–H groups in total. The second kappa shape index (κ2) is 2.95. The van der Waals surface area contributed by atoms with Gasteiger partial charge in [0.15, 0.2) is 0 Å². The third-order valence-electron chi connectivity index (χ3n) is 2.54. The fraction of sp³-hybridized carbons (Fsp3) is 0.857. The summed E-state index contributed by atoms with van der Waals surface area (Å²) in [6, 6.07) is 0. The van der Waals surface area contributed by atoms with E-state index in [2.05, 4.69) is 0 Å².